The molecular weight excluding hydrogens is 344 g/mol. The molecule has 2 aromatic carbocycles. The first kappa shape index (κ1) is 16.1. The van der Waals surface area contributed by atoms with E-state index in [1.54, 1.807) is 4.68 Å². The second-order valence-corrected chi connectivity index (χ2v) is 6.93. The summed E-state index contributed by atoms with van der Waals surface area (Å²) >= 11 is 0. The molecule has 0 fully saturated rings. The van der Waals surface area contributed by atoms with Crippen molar-refractivity contribution in [2.24, 2.45) is 12.0 Å². The summed E-state index contributed by atoms with van der Waals surface area (Å²) in [4.78, 5) is 16.7. The van der Waals surface area contributed by atoms with Gasteiger partial charge in [0.05, 0.1) is 24.2 Å². The number of aliphatic imine (C=N–C) groups is 1. The highest BCUT2D eigenvalue weighted by molar-refractivity contribution is 6.20. The van der Waals surface area contributed by atoms with Crippen molar-refractivity contribution in [2.75, 3.05) is 6.61 Å². The number of fused-ring (bicyclic) bond motifs is 3. The van der Waals surface area contributed by atoms with Crippen LogP contribution in [0.25, 0.3) is 11.0 Å². The zero-order valence-corrected chi connectivity index (χ0v) is 14.8. The number of hydrogen-bond acceptors (Lipinski definition) is 6. The number of rotatable bonds is 3. The van der Waals surface area contributed by atoms with Crippen LogP contribution in [0.4, 0.5) is 0 Å². The normalized spacial score (nSPS) is 18.2. The van der Waals surface area contributed by atoms with Crippen molar-refractivity contribution in [1.82, 2.24) is 15.0 Å². The van der Waals surface area contributed by atoms with Gasteiger partial charge in [-0.3, -0.25) is 9.79 Å². The van der Waals surface area contributed by atoms with E-state index in [0.717, 1.165) is 44.6 Å². The van der Waals surface area contributed by atoms with Crippen LogP contribution in [0.2, 0.25) is 0 Å². The van der Waals surface area contributed by atoms with Crippen LogP contribution in [-0.2, 0) is 29.5 Å². The van der Waals surface area contributed by atoms with Gasteiger partial charge in [0.15, 0.2) is 0 Å². The molecule has 0 saturated heterocycles. The Bertz CT molecular complexity index is 1120. The lowest BCUT2D eigenvalue weighted by Crippen LogP contribution is -2.23. The lowest BCUT2D eigenvalue weighted by Gasteiger charge is -2.26. The number of ether oxygens (including phenoxy) is 1. The van der Waals surface area contributed by atoms with Crippen molar-refractivity contribution in [3.05, 3.63) is 58.1 Å². The molecule has 7 nitrogen and oxygen atoms in total. The van der Waals surface area contributed by atoms with Crippen LogP contribution in [0.3, 0.4) is 0 Å². The molecule has 3 heterocycles. The number of carbonyl (C=O) groups is 1. The predicted molar refractivity (Wildman–Crippen MR) is 98.5 cm³/mol. The standard InChI is InChI=1S/C20H18N4O3/c1-24-16-4-2-3-13(20(16)22-23-24)19-15-9-14-11(7-12(15)10-21-19)8-18(26)27-17(14)5-6-25/h2-4,7,9,17,25H,5-6,8,10H2,1H3. The third-order valence-corrected chi connectivity index (χ3v) is 5.27. The van der Waals surface area contributed by atoms with Crippen LogP contribution >= 0.6 is 0 Å². The quantitative estimate of drug-likeness (QED) is 0.718. The Hall–Kier alpha value is -3.06. The molecule has 2 aliphatic heterocycles. The number of aromatic nitrogens is 3. The van der Waals surface area contributed by atoms with Crippen molar-refractivity contribution in [1.29, 1.82) is 0 Å². The Balaban J connectivity index is 1.65. The average Bonchev–Trinajstić information content (AvgIpc) is 3.24. The summed E-state index contributed by atoms with van der Waals surface area (Å²) in [6.45, 7) is 0.544. The largest absolute Gasteiger partial charge is 0.457 e. The minimum absolute atomic E-state index is 0.0334. The van der Waals surface area contributed by atoms with Crippen LogP contribution in [0.1, 0.15) is 40.3 Å². The SMILES string of the molecule is Cn1nnc2c(C3=NCc4cc5c(cc43)C(CCO)OC(=O)C5)cccc21. The first-order valence-corrected chi connectivity index (χ1v) is 8.95. The third kappa shape index (κ3) is 2.46. The molecule has 0 radical (unpaired) electrons. The average molecular weight is 362 g/mol. The summed E-state index contributed by atoms with van der Waals surface area (Å²) < 4.78 is 7.21. The molecule has 7 heteroatoms. The summed E-state index contributed by atoms with van der Waals surface area (Å²) in [6.07, 6.45) is 0.245. The van der Waals surface area contributed by atoms with Gasteiger partial charge in [-0.2, -0.15) is 0 Å². The van der Waals surface area contributed by atoms with E-state index in [4.69, 9.17) is 9.73 Å². The maximum atomic E-state index is 11.9. The predicted octanol–water partition coefficient (Wildman–Crippen LogP) is 1.84. The highest BCUT2D eigenvalue weighted by Crippen LogP contribution is 2.36. The first-order chi connectivity index (χ1) is 13.2. The molecule has 1 aromatic heterocycles. The molecule has 0 spiro atoms. The Morgan fingerprint density at radius 1 is 1.26 bits per heavy atom. The highest BCUT2D eigenvalue weighted by Gasteiger charge is 2.30. The Morgan fingerprint density at radius 3 is 3.00 bits per heavy atom. The second-order valence-electron chi connectivity index (χ2n) is 6.93. The van der Waals surface area contributed by atoms with E-state index in [-0.39, 0.29) is 19.0 Å². The minimum atomic E-state index is -0.411. The fourth-order valence-electron chi connectivity index (χ4n) is 4.00. The molecule has 0 saturated carbocycles. The molecule has 0 aliphatic carbocycles. The summed E-state index contributed by atoms with van der Waals surface area (Å²) in [5, 5.41) is 17.8. The van der Waals surface area contributed by atoms with Gasteiger partial charge < -0.3 is 9.84 Å². The van der Waals surface area contributed by atoms with Gasteiger partial charge in [0.2, 0.25) is 0 Å². The summed E-state index contributed by atoms with van der Waals surface area (Å²) in [7, 11) is 1.87. The van der Waals surface area contributed by atoms with Gasteiger partial charge in [0, 0.05) is 31.2 Å². The number of cyclic esters (lactones) is 1. The smallest absolute Gasteiger partial charge is 0.310 e. The van der Waals surface area contributed by atoms with Gasteiger partial charge in [-0.05, 0) is 28.8 Å². The van der Waals surface area contributed by atoms with E-state index in [1.165, 1.54) is 0 Å². The van der Waals surface area contributed by atoms with Crippen LogP contribution in [0.5, 0.6) is 0 Å². The minimum Gasteiger partial charge on any atom is -0.457 e. The number of esters is 1. The Morgan fingerprint density at radius 2 is 2.15 bits per heavy atom. The third-order valence-electron chi connectivity index (χ3n) is 5.27. The fraction of sp³-hybridized carbons (Fsp3) is 0.300. The van der Waals surface area contributed by atoms with Gasteiger partial charge >= 0.3 is 5.97 Å². The van der Waals surface area contributed by atoms with E-state index in [1.807, 2.05) is 25.2 Å². The van der Waals surface area contributed by atoms with Crippen molar-refractivity contribution in [3.63, 3.8) is 0 Å². The van der Waals surface area contributed by atoms with Crippen molar-refractivity contribution < 1.29 is 14.6 Å². The lowest BCUT2D eigenvalue weighted by atomic mass is 9.89. The molecule has 0 bridgehead atoms. The monoisotopic (exact) mass is 362 g/mol. The summed E-state index contributed by atoms with van der Waals surface area (Å²) in [5.74, 6) is -0.246. The topological polar surface area (TPSA) is 89.6 Å². The molecule has 5 rings (SSSR count). The molecule has 136 valence electrons. The van der Waals surface area contributed by atoms with Gasteiger partial charge in [-0.25, -0.2) is 4.68 Å². The van der Waals surface area contributed by atoms with Crippen molar-refractivity contribution in [3.8, 4) is 0 Å². The molecule has 0 amide bonds. The van der Waals surface area contributed by atoms with Crippen LogP contribution in [-0.4, -0.2) is 38.4 Å². The van der Waals surface area contributed by atoms with Crippen LogP contribution < -0.4 is 0 Å². The van der Waals surface area contributed by atoms with E-state index >= 15 is 0 Å². The van der Waals surface area contributed by atoms with Crippen LogP contribution in [0.15, 0.2) is 35.3 Å². The zero-order chi connectivity index (χ0) is 18.5. The first-order valence-electron chi connectivity index (χ1n) is 8.95. The lowest BCUT2D eigenvalue weighted by molar-refractivity contribution is -0.151. The number of nitrogens with zero attached hydrogens (tertiary/aromatic N) is 4. The molecular formula is C20H18N4O3. The number of aryl methyl sites for hydroxylation is 1. The van der Waals surface area contributed by atoms with E-state index < -0.39 is 6.10 Å². The summed E-state index contributed by atoms with van der Waals surface area (Å²) in [5.41, 5.74) is 7.68. The van der Waals surface area contributed by atoms with Gasteiger partial charge in [-0.1, -0.05) is 23.4 Å². The molecule has 1 N–H and O–H groups in total. The number of aliphatic hydroxyl groups is 1. The number of benzene rings is 2. The molecule has 1 unspecified atom stereocenters. The Labute approximate surface area is 155 Å². The zero-order valence-electron chi connectivity index (χ0n) is 14.8. The Kier molecular flexibility index (Phi) is 3.58. The number of carbonyl (C=O) groups excluding carboxylic acids is 1. The van der Waals surface area contributed by atoms with E-state index in [9.17, 15) is 9.90 Å². The van der Waals surface area contributed by atoms with Gasteiger partial charge in [0.25, 0.3) is 0 Å². The van der Waals surface area contributed by atoms with E-state index in [0.29, 0.717) is 13.0 Å². The molecule has 1 atom stereocenters. The molecule has 27 heavy (non-hydrogen) atoms. The van der Waals surface area contributed by atoms with Crippen molar-refractivity contribution in [2.45, 2.75) is 25.5 Å². The van der Waals surface area contributed by atoms with Crippen molar-refractivity contribution >= 4 is 22.7 Å². The molecule has 2 aliphatic rings. The summed E-state index contributed by atoms with van der Waals surface area (Å²) in [6, 6.07) is 10.1. The highest BCUT2D eigenvalue weighted by atomic mass is 16.5. The fourth-order valence-corrected chi connectivity index (χ4v) is 4.00. The van der Waals surface area contributed by atoms with Crippen LogP contribution in [0, 0.1) is 0 Å². The van der Waals surface area contributed by atoms with Gasteiger partial charge in [-0.15, -0.1) is 5.10 Å². The number of aliphatic hydroxyl groups excluding tert-OH is 1. The number of hydrogen-bond donors (Lipinski definition) is 1. The maximum Gasteiger partial charge on any atom is 0.310 e. The maximum absolute atomic E-state index is 11.9. The molecule has 3 aromatic rings. The second kappa shape index (κ2) is 5.99. The van der Waals surface area contributed by atoms with Gasteiger partial charge in [0.1, 0.15) is 11.6 Å². The van der Waals surface area contributed by atoms with E-state index in [2.05, 4.69) is 22.4 Å².